The summed E-state index contributed by atoms with van der Waals surface area (Å²) in [5.74, 6) is 5.70. The van der Waals surface area contributed by atoms with Crippen LogP contribution in [0, 0.1) is 0 Å². The number of unbranched alkanes of at least 4 members (excludes halogenated alkanes) is 1. The normalized spacial score (nSPS) is 15.8. The Kier molecular flexibility index (Phi) is 5.63. The SMILES string of the molecule is CCCCNC(=NCC(=O)NC1CC1)NN. The minimum absolute atomic E-state index is 0.0486. The zero-order chi connectivity index (χ0) is 11.8. The number of carbonyl (C=O) groups is 1. The van der Waals surface area contributed by atoms with Crippen LogP contribution in [0.15, 0.2) is 4.99 Å². The predicted octanol–water partition coefficient (Wildman–Crippen LogP) is -0.526. The van der Waals surface area contributed by atoms with Gasteiger partial charge in [-0.25, -0.2) is 10.8 Å². The lowest BCUT2D eigenvalue weighted by Gasteiger charge is -2.08. The number of carbonyl (C=O) groups excluding carboxylic acids is 1. The first-order chi connectivity index (χ1) is 7.76. The number of rotatable bonds is 6. The van der Waals surface area contributed by atoms with Gasteiger partial charge in [-0.2, -0.15) is 0 Å². The minimum atomic E-state index is -0.0486. The largest absolute Gasteiger partial charge is 0.355 e. The second kappa shape index (κ2) is 7.05. The fourth-order valence-electron chi connectivity index (χ4n) is 1.19. The molecule has 0 aromatic rings. The monoisotopic (exact) mass is 227 g/mol. The lowest BCUT2D eigenvalue weighted by molar-refractivity contribution is -0.119. The lowest BCUT2D eigenvalue weighted by atomic mass is 10.3. The Morgan fingerprint density at radius 1 is 1.50 bits per heavy atom. The maximum atomic E-state index is 11.3. The molecule has 0 aliphatic heterocycles. The van der Waals surface area contributed by atoms with Crippen molar-refractivity contribution in [2.24, 2.45) is 10.8 Å². The average Bonchev–Trinajstić information content (AvgIpc) is 3.07. The van der Waals surface area contributed by atoms with Crippen molar-refractivity contribution in [3.05, 3.63) is 0 Å². The summed E-state index contributed by atoms with van der Waals surface area (Å²) >= 11 is 0. The molecule has 1 rings (SSSR count). The number of aliphatic imine (C=N–C) groups is 1. The average molecular weight is 227 g/mol. The van der Waals surface area contributed by atoms with Crippen LogP contribution in [-0.4, -0.2) is 31.0 Å². The Morgan fingerprint density at radius 3 is 2.81 bits per heavy atom. The van der Waals surface area contributed by atoms with Gasteiger partial charge >= 0.3 is 0 Å². The number of guanidine groups is 1. The molecule has 1 aliphatic carbocycles. The molecule has 0 unspecified atom stereocenters. The number of hydrazine groups is 1. The van der Waals surface area contributed by atoms with Gasteiger partial charge in [-0.1, -0.05) is 13.3 Å². The van der Waals surface area contributed by atoms with E-state index in [9.17, 15) is 4.79 Å². The first-order valence-electron chi connectivity index (χ1n) is 5.80. The molecule has 1 fully saturated rings. The molecule has 0 atom stereocenters. The van der Waals surface area contributed by atoms with Crippen LogP contribution in [0.4, 0.5) is 0 Å². The molecule has 6 heteroatoms. The molecule has 92 valence electrons. The Morgan fingerprint density at radius 2 is 2.25 bits per heavy atom. The third-order valence-corrected chi connectivity index (χ3v) is 2.28. The quantitative estimate of drug-likeness (QED) is 0.161. The van der Waals surface area contributed by atoms with E-state index in [1.165, 1.54) is 0 Å². The number of nitrogens with zero attached hydrogens (tertiary/aromatic N) is 1. The van der Waals surface area contributed by atoms with Gasteiger partial charge in [0.1, 0.15) is 6.54 Å². The molecule has 0 aromatic carbocycles. The zero-order valence-electron chi connectivity index (χ0n) is 9.75. The molecule has 6 nitrogen and oxygen atoms in total. The van der Waals surface area contributed by atoms with E-state index in [0.29, 0.717) is 12.0 Å². The molecule has 0 heterocycles. The molecule has 5 N–H and O–H groups in total. The van der Waals surface area contributed by atoms with Crippen LogP contribution >= 0.6 is 0 Å². The van der Waals surface area contributed by atoms with Crippen molar-refractivity contribution in [1.29, 1.82) is 0 Å². The van der Waals surface area contributed by atoms with Gasteiger partial charge in [0.05, 0.1) is 0 Å². The summed E-state index contributed by atoms with van der Waals surface area (Å²) in [5, 5.41) is 5.89. The highest BCUT2D eigenvalue weighted by atomic mass is 16.2. The van der Waals surface area contributed by atoms with Gasteiger partial charge in [0.2, 0.25) is 11.9 Å². The molecular weight excluding hydrogens is 206 g/mol. The number of amides is 1. The highest BCUT2D eigenvalue weighted by molar-refractivity contribution is 5.84. The van der Waals surface area contributed by atoms with Gasteiger partial charge in [0, 0.05) is 12.6 Å². The summed E-state index contributed by atoms with van der Waals surface area (Å²) in [6.45, 7) is 3.04. The third-order valence-electron chi connectivity index (χ3n) is 2.28. The molecule has 0 radical (unpaired) electrons. The fraction of sp³-hybridized carbons (Fsp3) is 0.800. The van der Waals surface area contributed by atoms with E-state index in [-0.39, 0.29) is 12.5 Å². The van der Waals surface area contributed by atoms with Crippen LogP contribution in [0.3, 0.4) is 0 Å². The lowest BCUT2D eigenvalue weighted by Crippen LogP contribution is -2.42. The van der Waals surface area contributed by atoms with Gasteiger partial charge in [-0.3, -0.25) is 10.2 Å². The van der Waals surface area contributed by atoms with Crippen molar-refractivity contribution in [1.82, 2.24) is 16.1 Å². The summed E-state index contributed by atoms with van der Waals surface area (Å²) in [7, 11) is 0. The number of hydrogen-bond acceptors (Lipinski definition) is 3. The van der Waals surface area contributed by atoms with Crippen molar-refractivity contribution in [2.45, 2.75) is 38.6 Å². The topological polar surface area (TPSA) is 91.5 Å². The number of nitrogens with two attached hydrogens (primary N) is 1. The molecule has 16 heavy (non-hydrogen) atoms. The molecule has 0 spiro atoms. The van der Waals surface area contributed by atoms with Gasteiger partial charge in [-0.15, -0.1) is 0 Å². The maximum Gasteiger partial charge on any atom is 0.242 e. The van der Waals surface area contributed by atoms with E-state index in [0.717, 1.165) is 32.2 Å². The van der Waals surface area contributed by atoms with Crippen LogP contribution in [-0.2, 0) is 4.79 Å². The van der Waals surface area contributed by atoms with Crippen molar-refractivity contribution in [2.75, 3.05) is 13.1 Å². The van der Waals surface area contributed by atoms with E-state index >= 15 is 0 Å². The van der Waals surface area contributed by atoms with Gasteiger partial charge in [0.25, 0.3) is 0 Å². The Balaban J connectivity index is 2.18. The summed E-state index contributed by atoms with van der Waals surface area (Å²) in [5.41, 5.74) is 2.44. The van der Waals surface area contributed by atoms with Crippen LogP contribution in [0.2, 0.25) is 0 Å². The summed E-state index contributed by atoms with van der Waals surface area (Å²) in [4.78, 5) is 15.4. The predicted molar refractivity (Wildman–Crippen MR) is 63.7 cm³/mol. The van der Waals surface area contributed by atoms with Crippen LogP contribution in [0.5, 0.6) is 0 Å². The van der Waals surface area contributed by atoms with Crippen molar-refractivity contribution >= 4 is 11.9 Å². The van der Waals surface area contributed by atoms with E-state index < -0.39 is 0 Å². The van der Waals surface area contributed by atoms with Crippen molar-refractivity contribution in [3.8, 4) is 0 Å². The van der Waals surface area contributed by atoms with Gasteiger partial charge in [0.15, 0.2) is 0 Å². The minimum Gasteiger partial charge on any atom is -0.355 e. The second-order valence-electron chi connectivity index (χ2n) is 3.93. The standard InChI is InChI=1S/C10H21N5O/c1-2-3-6-12-10(15-11)13-7-9(16)14-8-4-5-8/h8H,2-7,11H2,1H3,(H,14,16)(H2,12,13,15). The Labute approximate surface area is 96.0 Å². The number of nitrogens with one attached hydrogen (secondary N) is 3. The van der Waals surface area contributed by atoms with Gasteiger partial charge in [-0.05, 0) is 19.3 Å². The van der Waals surface area contributed by atoms with E-state index in [1.54, 1.807) is 0 Å². The molecule has 0 bridgehead atoms. The van der Waals surface area contributed by atoms with Gasteiger partial charge < -0.3 is 10.6 Å². The van der Waals surface area contributed by atoms with E-state index in [2.05, 4.69) is 28.0 Å². The van der Waals surface area contributed by atoms with E-state index in [1.807, 2.05) is 0 Å². The first-order valence-corrected chi connectivity index (χ1v) is 5.80. The highest BCUT2D eigenvalue weighted by Gasteiger charge is 2.22. The van der Waals surface area contributed by atoms with E-state index in [4.69, 9.17) is 5.84 Å². The summed E-state index contributed by atoms with van der Waals surface area (Å²) < 4.78 is 0. The number of hydrogen-bond donors (Lipinski definition) is 4. The molecular formula is C10H21N5O. The molecule has 1 aliphatic rings. The Bertz CT molecular complexity index is 250. The van der Waals surface area contributed by atoms with Crippen LogP contribution < -0.4 is 21.9 Å². The van der Waals surface area contributed by atoms with Crippen molar-refractivity contribution < 1.29 is 4.79 Å². The fourth-order valence-corrected chi connectivity index (χ4v) is 1.19. The molecule has 1 amide bonds. The van der Waals surface area contributed by atoms with Crippen LogP contribution in [0.25, 0.3) is 0 Å². The van der Waals surface area contributed by atoms with Crippen molar-refractivity contribution in [3.63, 3.8) is 0 Å². The highest BCUT2D eigenvalue weighted by Crippen LogP contribution is 2.18. The van der Waals surface area contributed by atoms with Crippen LogP contribution in [0.1, 0.15) is 32.6 Å². The second-order valence-corrected chi connectivity index (χ2v) is 3.93. The molecule has 0 saturated heterocycles. The third kappa shape index (κ3) is 5.55. The first kappa shape index (κ1) is 12.8. The molecule has 1 saturated carbocycles. The summed E-state index contributed by atoms with van der Waals surface area (Å²) in [6.07, 6.45) is 4.33. The maximum absolute atomic E-state index is 11.3. The smallest absolute Gasteiger partial charge is 0.242 e. The summed E-state index contributed by atoms with van der Waals surface area (Å²) in [6, 6.07) is 0.380. The Hall–Kier alpha value is -1.30. The zero-order valence-corrected chi connectivity index (χ0v) is 9.75. The molecule has 0 aromatic heterocycles.